The number of nitro groups is 1. The van der Waals surface area contributed by atoms with Crippen molar-refractivity contribution < 1.29 is 14.1 Å². The van der Waals surface area contributed by atoms with Crippen LogP contribution in [-0.4, -0.2) is 17.7 Å². The zero-order valence-electron chi connectivity index (χ0n) is 14.1. The highest BCUT2D eigenvalue weighted by Gasteiger charge is 2.58. The summed E-state index contributed by atoms with van der Waals surface area (Å²) in [5.74, 6) is -0.557. The molecule has 0 saturated heterocycles. The van der Waals surface area contributed by atoms with Gasteiger partial charge in [0.2, 0.25) is 11.5 Å². The molecule has 2 aromatic rings. The molecule has 1 atom stereocenters. The summed E-state index contributed by atoms with van der Waals surface area (Å²) in [7, 11) is 1.90. The molecule has 2 aromatic carbocycles. The van der Waals surface area contributed by atoms with E-state index in [9.17, 15) is 14.5 Å². The van der Waals surface area contributed by atoms with Crippen LogP contribution in [0.25, 0.3) is 6.08 Å². The van der Waals surface area contributed by atoms with Crippen molar-refractivity contribution in [3.05, 3.63) is 69.5 Å². The van der Waals surface area contributed by atoms with E-state index in [0.717, 1.165) is 17.3 Å². The Morgan fingerprint density at radius 1 is 1.24 bits per heavy atom. The van der Waals surface area contributed by atoms with Crippen LogP contribution >= 0.6 is 0 Å². The van der Waals surface area contributed by atoms with Gasteiger partial charge < -0.3 is 9.64 Å². The van der Waals surface area contributed by atoms with E-state index in [1.54, 1.807) is 6.08 Å². The standard InChI is InChI=1S/C19H17FN2O3/c1-18(2)14-6-4-5-7-15(14)21(3)19(18)9-8-12-10-13(20)11-16(22(23)24)17(12)25-19/h4-11H,1-3H3. The summed E-state index contributed by atoms with van der Waals surface area (Å²) < 4.78 is 20.0. The van der Waals surface area contributed by atoms with Crippen LogP contribution < -0.4 is 9.64 Å². The summed E-state index contributed by atoms with van der Waals surface area (Å²) >= 11 is 0. The van der Waals surface area contributed by atoms with Crippen LogP contribution in [0.3, 0.4) is 0 Å². The molecule has 0 aromatic heterocycles. The fourth-order valence-electron chi connectivity index (χ4n) is 3.96. The zero-order valence-corrected chi connectivity index (χ0v) is 14.1. The second kappa shape index (κ2) is 4.81. The number of hydrogen-bond acceptors (Lipinski definition) is 4. The van der Waals surface area contributed by atoms with Crippen molar-refractivity contribution in [2.24, 2.45) is 0 Å². The van der Waals surface area contributed by atoms with Crippen molar-refractivity contribution in [3.8, 4) is 5.75 Å². The topological polar surface area (TPSA) is 55.6 Å². The molecule has 2 heterocycles. The van der Waals surface area contributed by atoms with Crippen LogP contribution in [0.5, 0.6) is 5.75 Å². The van der Waals surface area contributed by atoms with Gasteiger partial charge in [-0.1, -0.05) is 18.2 Å². The molecule has 0 saturated carbocycles. The van der Waals surface area contributed by atoms with Gasteiger partial charge in [-0.2, -0.15) is 0 Å². The predicted octanol–water partition coefficient (Wildman–Crippen LogP) is 4.26. The Hall–Kier alpha value is -2.89. The van der Waals surface area contributed by atoms with Crippen molar-refractivity contribution in [1.29, 1.82) is 0 Å². The number of rotatable bonds is 1. The largest absolute Gasteiger partial charge is 0.456 e. The summed E-state index contributed by atoms with van der Waals surface area (Å²) in [5, 5.41) is 11.4. The minimum absolute atomic E-state index is 0.0987. The van der Waals surface area contributed by atoms with E-state index in [0.29, 0.717) is 5.56 Å². The van der Waals surface area contributed by atoms with Gasteiger partial charge >= 0.3 is 5.69 Å². The highest BCUT2D eigenvalue weighted by atomic mass is 19.1. The van der Waals surface area contributed by atoms with Crippen LogP contribution in [0.15, 0.2) is 42.5 Å². The van der Waals surface area contributed by atoms with Gasteiger partial charge in [0.05, 0.1) is 16.4 Å². The highest BCUT2D eigenvalue weighted by molar-refractivity contribution is 5.74. The molecule has 128 valence electrons. The summed E-state index contributed by atoms with van der Waals surface area (Å²) in [6.07, 6.45) is 3.57. The van der Waals surface area contributed by atoms with E-state index in [-0.39, 0.29) is 11.4 Å². The van der Waals surface area contributed by atoms with Crippen LogP contribution in [0, 0.1) is 15.9 Å². The van der Waals surface area contributed by atoms with Crippen molar-refractivity contribution in [2.75, 3.05) is 11.9 Å². The summed E-state index contributed by atoms with van der Waals surface area (Å²) in [6, 6.07) is 10.1. The molecule has 25 heavy (non-hydrogen) atoms. The smallest absolute Gasteiger partial charge is 0.314 e. The molecule has 2 aliphatic heterocycles. The number of nitro benzene ring substituents is 1. The maximum Gasteiger partial charge on any atom is 0.314 e. The van der Waals surface area contributed by atoms with Crippen molar-refractivity contribution in [2.45, 2.75) is 25.0 Å². The number of anilines is 1. The SMILES string of the molecule is CN1c2ccccc2C(C)(C)C12C=Cc1cc(F)cc([N+](=O)[O-])c1O2. The third-order valence-corrected chi connectivity index (χ3v) is 5.34. The number of para-hydroxylation sites is 1. The number of nitrogens with zero attached hydrogens (tertiary/aromatic N) is 2. The zero-order chi connectivity index (χ0) is 18.0. The Morgan fingerprint density at radius 3 is 2.64 bits per heavy atom. The lowest BCUT2D eigenvalue weighted by Gasteiger charge is -2.45. The molecule has 1 spiro atoms. The average Bonchev–Trinajstić information content (AvgIpc) is 2.74. The van der Waals surface area contributed by atoms with E-state index >= 15 is 0 Å². The van der Waals surface area contributed by atoms with Crippen molar-refractivity contribution in [1.82, 2.24) is 0 Å². The molecule has 6 heteroatoms. The lowest BCUT2D eigenvalue weighted by Crippen LogP contribution is -2.58. The lowest BCUT2D eigenvalue weighted by atomic mass is 9.76. The number of ether oxygens (including phenoxy) is 1. The van der Waals surface area contributed by atoms with Gasteiger partial charge in [0.1, 0.15) is 5.82 Å². The third kappa shape index (κ3) is 1.88. The first-order valence-electron chi connectivity index (χ1n) is 7.97. The quantitative estimate of drug-likeness (QED) is 0.575. The Balaban J connectivity index is 1.93. The Kier molecular flexibility index (Phi) is 3.01. The number of fused-ring (bicyclic) bond motifs is 2. The van der Waals surface area contributed by atoms with Crippen molar-refractivity contribution >= 4 is 17.5 Å². The number of benzene rings is 2. The van der Waals surface area contributed by atoms with Crippen LogP contribution in [0.1, 0.15) is 25.0 Å². The van der Waals surface area contributed by atoms with E-state index in [2.05, 4.69) is 0 Å². The monoisotopic (exact) mass is 340 g/mol. The Morgan fingerprint density at radius 2 is 1.96 bits per heavy atom. The highest BCUT2D eigenvalue weighted by Crippen LogP contribution is 2.55. The second-order valence-electron chi connectivity index (χ2n) is 6.93. The first-order chi connectivity index (χ1) is 11.8. The fourth-order valence-corrected chi connectivity index (χ4v) is 3.96. The van der Waals surface area contributed by atoms with E-state index < -0.39 is 21.9 Å². The minimum Gasteiger partial charge on any atom is -0.456 e. The van der Waals surface area contributed by atoms with Crippen molar-refractivity contribution in [3.63, 3.8) is 0 Å². The molecule has 4 rings (SSSR count). The maximum absolute atomic E-state index is 13.7. The maximum atomic E-state index is 13.7. The number of hydrogen-bond donors (Lipinski definition) is 0. The summed E-state index contributed by atoms with van der Waals surface area (Å²) in [4.78, 5) is 12.8. The normalized spacial score (nSPS) is 22.5. The molecule has 0 fully saturated rings. The first-order valence-corrected chi connectivity index (χ1v) is 7.97. The minimum atomic E-state index is -0.924. The lowest BCUT2D eigenvalue weighted by molar-refractivity contribution is -0.386. The van der Waals surface area contributed by atoms with Gasteiger partial charge in [-0.25, -0.2) is 4.39 Å². The summed E-state index contributed by atoms with van der Waals surface area (Å²) in [6.45, 7) is 4.08. The predicted molar refractivity (Wildman–Crippen MR) is 93.3 cm³/mol. The first kappa shape index (κ1) is 15.6. The fraction of sp³-hybridized carbons (Fsp3) is 0.263. The van der Waals surface area contributed by atoms with Gasteiger partial charge in [0.25, 0.3) is 0 Å². The molecular weight excluding hydrogens is 323 g/mol. The van der Waals surface area contributed by atoms with Gasteiger partial charge in [0, 0.05) is 18.3 Å². The Bertz CT molecular complexity index is 938. The molecule has 0 bridgehead atoms. The van der Waals surface area contributed by atoms with E-state index in [1.165, 1.54) is 6.07 Å². The van der Waals surface area contributed by atoms with Crippen LogP contribution in [0.4, 0.5) is 15.8 Å². The third-order valence-electron chi connectivity index (χ3n) is 5.34. The summed E-state index contributed by atoms with van der Waals surface area (Å²) in [5.41, 5.74) is 0.721. The van der Waals surface area contributed by atoms with Gasteiger partial charge in [-0.15, -0.1) is 0 Å². The van der Waals surface area contributed by atoms with Crippen LogP contribution in [0.2, 0.25) is 0 Å². The number of likely N-dealkylation sites (N-methyl/N-ethyl adjacent to an activating group) is 1. The molecule has 0 N–H and O–H groups in total. The molecule has 1 unspecified atom stereocenters. The van der Waals surface area contributed by atoms with Crippen LogP contribution in [-0.2, 0) is 5.41 Å². The molecule has 5 nitrogen and oxygen atoms in total. The molecular formula is C19H17FN2O3. The van der Waals surface area contributed by atoms with E-state index in [1.807, 2.05) is 56.1 Å². The van der Waals surface area contributed by atoms with Gasteiger partial charge in [-0.3, -0.25) is 10.1 Å². The Labute approximate surface area is 144 Å². The molecule has 0 aliphatic carbocycles. The number of halogens is 1. The molecule has 0 amide bonds. The van der Waals surface area contributed by atoms with E-state index in [4.69, 9.17) is 4.74 Å². The molecule has 2 aliphatic rings. The van der Waals surface area contributed by atoms with Gasteiger partial charge in [-0.05, 0) is 43.7 Å². The molecule has 0 radical (unpaired) electrons. The van der Waals surface area contributed by atoms with Gasteiger partial charge in [0.15, 0.2) is 0 Å². The second-order valence-corrected chi connectivity index (χ2v) is 6.93. The average molecular weight is 340 g/mol.